The zero-order valence-corrected chi connectivity index (χ0v) is 70.8. The Hall–Kier alpha value is -16.0. The molecular formula is C122H69CoF6O2. The van der Waals surface area contributed by atoms with Gasteiger partial charge in [-0.15, -0.1) is 0 Å². The molecule has 0 bridgehead atoms. The van der Waals surface area contributed by atoms with Crippen LogP contribution in [0.5, 0.6) is 0 Å². The largest absolute Gasteiger partial charge is 0.0616 e. The topological polar surface area (TPSA) is 37.3 Å². The number of halogens is 6. The molecule has 620 valence electrons. The molecule has 2 nitrogen and oxygen atoms in total. The molecule has 3 aliphatic rings. The molecule has 3 aliphatic carbocycles. The summed E-state index contributed by atoms with van der Waals surface area (Å²) in [7, 11) is 0. The Bertz CT molecular complexity index is 8420. The molecule has 0 saturated heterocycles. The Kier molecular flexibility index (Phi) is 17.7. The van der Waals surface area contributed by atoms with E-state index in [1.807, 2.05) is 0 Å². The fourth-order valence-electron chi connectivity index (χ4n) is 22.3. The van der Waals surface area contributed by atoms with Crippen LogP contribution in [0.4, 0.5) is 23.9 Å². The maximum Gasteiger partial charge on any atom is -0.000740 e. The van der Waals surface area contributed by atoms with E-state index in [1.165, 1.54) is 284 Å². The average Bonchev–Trinajstić information content (AvgIpc) is 1.52. The molecule has 0 saturated carbocycles. The van der Waals surface area contributed by atoms with Gasteiger partial charge in [-0.25, -0.2) is 4.79 Å². The van der Waals surface area contributed by atoms with Crippen molar-refractivity contribution in [1.82, 2.24) is 0 Å². The minimum absolute atomic E-state index is 1.24. The van der Waals surface area contributed by atoms with E-state index in [0.29, 0.717) is 0 Å². The van der Waals surface area contributed by atoms with Gasteiger partial charge in [-0.2, -0.15) is 13.2 Å². The van der Waals surface area contributed by atoms with Crippen LogP contribution in [0.2, 0.25) is 0 Å². The minimum atomic E-state index is -5.08. The molecule has 0 amide bonds. The van der Waals surface area contributed by atoms with Gasteiger partial charge in [0, 0.05) is 0 Å². The number of carboxylic acid groups (broad SMARTS) is 1. The third-order valence-electron chi connectivity index (χ3n) is 27.5. The van der Waals surface area contributed by atoms with E-state index >= 15 is 0 Å². The van der Waals surface area contributed by atoms with Gasteiger partial charge in [-0.05, 0) is 321 Å². The first kappa shape index (κ1) is 77.3. The summed E-state index contributed by atoms with van der Waals surface area (Å²) in [5, 5.41) is 43.2. The van der Waals surface area contributed by atoms with Gasteiger partial charge in [-0.3, -0.25) is 0 Å². The van der Waals surface area contributed by atoms with Gasteiger partial charge in [0.1, 0.15) is 0 Å². The number of carbonyl (C=O) groups is 1. The number of hydrogen-bond donors (Lipinski definition) is 1. The second-order valence-corrected chi connectivity index (χ2v) is 34.8. The predicted octanol–water partition coefficient (Wildman–Crippen LogP) is 35.8. The molecule has 25 aromatic carbocycles. The molecule has 28 rings (SSSR count). The summed E-state index contributed by atoms with van der Waals surface area (Å²) >= 11 is -4.10. The third-order valence-corrected chi connectivity index (χ3v) is 27.5. The maximum absolute atomic E-state index is 10.6. The van der Waals surface area contributed by atoms with Crippen LogP contribution >= 0.6 is 0 Å². The Labute approximate surface area is 752 Å². The van der Waals surface area contributed by atoms with Crippen LogP contribution in [0.1, 0.15) is 0 Å². The summed E-state index contributed by atoms with van der Waals surface area (Å²) in [5.74, 6) is -2.76. The number of alkyl halides is 3. The van der Waals surface area contributed by atoms with Crippen LogP contribution in [0.15, 0.2) is 413 Å². The Morgan fingerprint density at radius 2 is 0.359 bits per heavy atom. The van der Waals surface area contributed by atoms with Crippen molar-refractivity contribution in [3.05, 3.63) is 413 Å². The third kappa shape index (κ3) is 12.1. The van der Waals surface area contributed by atoms with Crippen molar-refractivity contribution in [2.45, 2.75) is 6.18 Å². The second-order valence-electron chi connectivity index (χ2n) is 34.3. The SMILES string of the molecule is O=C(O)C(F)(F)F.[F][Co]([F])[F].c1ccc2cc(-c3c4c(c(-c5ccc6ccccc6c5)c5ccccc35)-c3ccc5c6ccc7c8c(ccc(c9ccc-4c3c95)c86)-c3c-7c(-c4ccc5ccccc5c4)c4ccccc4c3-c3ccc4ccccc4c3)ccc2c1.c1ccc2cc(-c3c4c(c(-c5ccc6ccccc6c5)c5ccccc35)-c3cccc5cccc-4c35)ccc2c1. The quantitative estimate of drug-likeness (QED) is 0.102. The summed E-state index contributed by atoms with van der Waals surface area (Å²) in [4.78, 5) is 8.90. The van der Waals surface area contributed by atoms with Crippen LogP contribution in [0, 0.1) is 0 Å². The number of fused-ring (bicyclic) bond motifs is 20. The molecule has 9 heteroatoms. The first-order chi connectivity index (χ1) is 64.2. The fourth-order valence-corrected chi connectivity index (χ4v) is 22.3. The number of aliphatic carboxylic acids is 1. The molecular weight excluding hydrogens is 1670 g/mol. The van der Waals surface area contributed by atoms with Crippen LogP contribution in [0.3, 0.4) is 0 Å². The van der Waals surface area contributed by atoms with Gasteiger partial charge >= 0.3 is 37.9 Å². The molecule has 0 unspecified atom stereocenters. The fraction of sp³-hybridized carbons (Fsp3) is 0.00820. The monoisotopic (exact) mass is 1740 g/mol. The molecule has 0 spiro atoms. The van der Waals surface area contributed by atoms with Gasteiger partial charge in [-0.1, -0.05) is 376 Å². The predicted molar refractivity (Wildman–Crippen MR) is 532 cm³/mol. The molecule has 1 N–H and O–H groups in total. The zero-order chi connectivity index (χ0) is 87.8. The van der Waals surface area contributed by atoms with Gasteiger partial charge in [0.25, 0.3) is 0 Å². The summed E-state index contributed by atoms with van der Waals surface area (Å²) < 4.78 is 60.9. The molecule has 0 aliphatic heterocycles. The first-order valence-corrected chi connectivity index (χ1v) is 44.8. The van der Waals surface area contributed by atoms with Crippen molar-refractivity contribution in [2.24, 2.45) is 0 Å². The first-order valence-electron chi connectivity index (χ1n) is 43.6. The Morgan fingerprint density at radius 1 is 0.183 bits per heavy atom. The van der Waals surface area contributed by atoms with Crippen LogP contribution in [-0.4, -0.2) is 17.3 Å². The minimum Gasteiger partial charge on any atom is -0.0616 e. The van der Waals surface area contributed by atoms with E-state index in [-0.39, 0.29) is 0 Å². The van der Waals surface area contributed by atoms with Crippen LogP contribution in [-0.2, 0) is 19.8 Å². The summed E-state index contributed by atoms with van der Waals surface area (Å²) in [6.45, 7) is 0. The van der Waals surface area contributed by atoms with Crippen LogP contribution in [0.25, 0.3) is 284 Å². The molecule has 0 heterocycles. The molecule has 0 radical (unpaired) electrons. The van der Waals surface area contributed by atoms with E-state index < -0.39 is 27.1 Å². The van der Waals surface area contributed by atoms with E-state index in [1.54, 1.807) is 0 Å². The summed E-state index contributed by atoms with van der Waals surface area (Å²) in [5.41, 5.74) is 31.2. The van der Waals surface area contributed by atoms with Crippen molar-refractivity contribution >= 4 is 157 Å². The Balaban J connectivity index is 0.000000150. The standard InChI is InChI=1S/C80H44.C40H24.C2HF3O2.Co.3FH/c1-5-17-49-41-53(29-25-45(49)13-1)69-57-21-9-10-22-58(57)70(54-30-26-46-14-2-6-18-50(46)42-54)78-66-38-34-62-64-36-40-68-76-67(39-35-63(74(64)76)61-33-37-65(77(69)78)75(66)73(61)62)79-71(55-31-27-47-15-3-7-19-51(47)43-55)59-23-11-12-24-60(59)72(80(68)79)56-32-28-48-16-4-8-20-52(48)44-56;1-3-11-28-23-30(21-19-25(28)9-1)37-32-15-5-6-16-33(32)38(31-22-20-26-10-2-4-12-29(26)24-31)40-35-18-8-14-27-13-7-17-34(36(27)35)39(37)40;3-2(4,5)1(6)7;;;;/h1-44H;1-24H;(H,6,7);;3*1H/q;;;+3;;;/p-3. The average molecular weight is 1740 g/mol. The van der Waals surface area contributed by atoms with Crippen molar-refractivity contribution in [3.8, 4) is 134 Å². The van der Waals surface area contributed by atoms with Gasteiger partial charge in [0.2, 0.25) is 0 Å². The normalized spacial score (nSPS) is 12.2. The van der Waals surface area contributed by atoms with Crippen LogP contribution < -0.4 is 0 Å². The van der Waals surface area contributed by atoms with Gasteiger partial charge in [0.15, 0.2) is 0 Å². The van der Waals surface area contributed by atoms with E-state index in [9.17, 15) is 23.9 Å². The van der Waals surface area contributed by atoms with Crippen molar-refractivity contribution in [3.63, 3.8) is 0 Å². The van der Waals surface area contributed by atoms with Gasteiger partial charge < -0.3 is 5.11 Å². The van der Waals surface area contributed by atoms with E-state index in [4.69, 9.17) is 9.90 Å². The molecule has 0 aromatic heterocycles. The number of hydrogen-bond acceptors (Lipinski definition) is 1. The molecule has 25 aromatic rings. The number of benzene rings is 25. The zero-order valence-electron chi connectivity index (χ0n) is 69.7. The smallest absolute Gasteiger partial charge is 0.000740 e. The van der Waals surface area contributed by atoms with Gasteiger partial charge in [0.05, 0.1) is 0 Å². The molecule has 0 atom stereocenters. The molecule has 0 fully saturated rings. The van der Waals surface area contributed by atoms with Crippen molar-refractivity contribution < 1.29 is 48.8 Å². The number of rotatable bonds is 6. The molecule has 131 heavy (non-hydrogen) atoms. The summed E-state index contributed by atoms with van der Waals surface area (Å²) in [6.07, 6.45) is -5.08. The van der Waals surface area contributed by atoms with Crippen molar-refractivity contribution in [2.75, 3.05) is 0 Å². The van der Waals surface area contributed by atoms with Crippen molar-refractivity contribution in [1.29, 1.82) is 0 Å². The Morgan fingerprint density at radius 3 is 0.557 bits per heavy atom. The summed E-state index contributed by atoms with van der Waals surface area (Å²) in [6, 6.07) is 155. The van der Waals surface area contributed by atoms with E-state index in [0.717, 1.165) is 0 Å². The maximum atomic E-state index is 10.6. The number of carboxylic acids is 1. The van der Waals surface area contributed by atoms with E-state index in [2.05, 4.69) is 413 Å². The second kappa shape index (κ2) is 30.1.